The summed E-state index contributed by atoms with van der Waals surface area (Å²) in [6.07, 6.45) is 1.96. The molecular weight excluding hydrogens is 484 g/mol. The van der Waals surface area contributed by atoms with Crippen LogP contribution in [0.15, 0.2) is 66.7 Å². The highest BCUT2D eigenvalue weighted by atomic mass is 16.7. The highest BCUT2D eigenvalue weighted by molar-refractivity contribution is 6.05. The Labute approximate surface area is 219 Å². The topological polar surface area (TPSA) is 115 Å². The molecule has 6 rings (SSSR count). The molecule has 1 aliphatic carbocycles. The Balaban J connectivity index is 1.24. The normalized spacial score (nSPS) is 13.8. The number of phenols is 1. The van der Waals surface area contributed by atoms with Crippen molar-refractivity contribution in [2.75, 3.05) is 12.1 Å². The molecule has 0 saturated heterocycles. The Morgan fingerprint density at radius 1 is 1.03 bits per heavy atom. The van der Waals surface area contributed by atoms with Gasteiger partial charge in [0.05, 0.1) is 11.4 Å². The molecule has 1 saturated carbocycles. The molecule has 4 aromatic rings. The van der Waals surface area contributed by atoms with E-state index in [0.29, 0.717) is 40.6 Å². The third-order valence-electron chi connectivity index (χ3n) is 6.78. The highest BCUT2D eigenvalue weighted by Crippen LogP contribution is 2.42. The monoisotopic (exact) mass is 510 g/mol. The van der Waals surface area contributed by atoms with Crippen molar-refractivity contribution in [3.8, 4) is 28.5 Å². The van der Waals surface area contributed by atoms with E-state index >= 15 is 0 Å². The third kappa shape index (κ3) is 4.66. The molecular formula is C29H26N4O5. The van der Waals surface area contributed by atoms with Gasteiger partial charge in [-0.25, -0.2) is 4.79 Å². The first-order valence-corrected chi connectivity index (χ1v) is 12.4. The number of aromatic nitrogens is 2. The Hall–Kier alpha value is -4.79. The minimum absolute atomic E-state index is 0.00149. The molecule has 1 fully saturated rings. The van der Waals surface area contributed by atoms with E-state index in [1.54, 1.807) is 30.3 Å². The van der Waals surface area contributed by atoms with Gasteiger partial charge in [0, 0.05) is 29.3 Å². The van der Waals surface area contributed by atoms with Gasteiger partial charge in [-0.1, -0.05) is 24.3 Å². The molecule has 2 heterocycles. The number of anilines is 1. The molecule has 2 aliphatic rings. The number of hydrogen-bond acceptors (Lipinski definition) is 6. The molecule has 38 heavy (non-hydrogen) atoms. The fourth-order valence-electron chi connectivity index (χ4n) is 4.47. The van der Waals surface area contributed by atoms with Crippen LogP contribution in [0, 0.1) is 6.92 Å². The molecule has 3 N–H and O–H groups in total. The summed E-state index contributed by atoms with van der Waals surface area (Å²) in [6.45, 7) is 2.52. The molecule has 192 valence electrons. The summed E-state index contributed by atoms with van der Waals surface area (Å²) in [5, 5.41) is 21.0. The molecule has 0 radical (unpaired) electrons. The van der Waals surface area contributed by atoms with Gasteiger partial charge in [0.1, 0.15) is 5.75 Å². The lowest BCUT2D eigenvalue weighted by molar-refractivity contribution is 0.102. The van der Waals surface area contributed by atoms with Gasteiger partial charge in [0.2, 0.25) is 6.79 Å². The van der Waals surface area contributed by atoms with E-state index in [1.807, 2.05) is 37.3 Å². The summed E-state index contributed by atoms with van der Waals surface area (Å²) >= 11 is 0. The molecule has 3 aromatic carbocycles. The molecule has 9 nitrogen and oxygen atoms in total. The number of phenolic OH excluding ortho intramolecular Hbond substituents is 1. The molecule has 0 unspecified atom stereocenters. The predicted molar refractivity (Wildman–Crippen MR) is 141 cm³/mol. The minimum atomic E-state index is -0.334. The van der Waals surface area contributed by atoms with Crippen molar-refractivity contribution in [2.45, 2.75) is 32.2 Å². The second-order valence-electron chi connectivity index (χ2n) is 9.48. The largest absolute Gasteiger partial charge is 0.507 e. The van der Waals surface area contributed by atoms with Crippen LogP contribution >= 0.6 is 0 Å². The van der Waals surface area contributed by atoms with Gasteiger partial charge in [-0.2, -0.15) is 9.78 Å². The summed E-state index contributed by atoms with van der Waals surface area (Å²) in [7, 11) is 0. The number of fused-ring (bicyclic) bond motifs is 1. The average molecular weight is 511 g/mol. The summed E-state index contributed by atoms with van der Waals surface area (Å²) in [4.78, 5) is 26.0. The van der Waals surface area contributed by atoms with Gasteiger partial charge in [-0.15, -0.1) is 0 Å². The molecule has 0 atom stereocenters. The first-order valence-electron chi connectivity index (χ1n) is 12.4. The number of hydrogen-bond donors (Lipinski definition) is 3. The van der Waals surface area contributed by atoms with Crippen LogP contribution in [-0.2, 0) is 6.54 Å². The Bertz CT molecular complexity index is 1560. The van der Waals surface area contributed by atoms with Gasteiger partial charge >= 0.3 is 6.03 Å². The van der Waals surface area contributed by atoms with E-state index in [9.17, 15) is 14.7 Å². The SMILES string of the molecule is Cc1ccccc1CNC(=O)n1nc(-c2cc(NC(=O)c3ccc4c(c3)OCO4)ccc2O)cc1C1CC1. The molecule has 1 aliphatic heterocycles. The summed E-state index contributed by atoms with van der Waals surface area (Å²) in [5.74, 6) is 1.02. The van der Waals surface area contributed by atoms with Crippen molar-refractivity contribution in [2.24, 2.45) is 0 Å². The number of benzene rings is 3. The van der Waals surface area contributed by atoms with E-state index in [4.69, 9.17) is 9.47 Å². The standard InChI is InChI=1S/C29H26N4O5/c1-17-4-2-3-5-20(17)15-30-29(36)33-24(18-6-7-18)14-23(32-33)22-13-21(9-10-25(22)34)31-28(35)19-8-11-26-27(12-19)38-16-37-26/h2-5,8-14,18,34H,6-7,15-16H2,1H3,(H,30,36)(H,31,35). The fraction of sp³-hybridized carbons (Fsp3) is 0.207. The second-order valence-corrected chi connectivity index (χ2v) is 9.48. The van der Waals surface area contributed by atoms with E-state index in [2.05, 4.69) is 15.7 Å². The van der Waals surface area contributed by atoms with Crippen LogP contribution in [0.25, 0.3) is 11.3 Å². The molecule has 1 aromatic heterocycles. The molecule has 0 bridgehead atoms. The van der Waals surface area contributed by atoms with Gasteiger partial charge in [0.15, 0.2) is 11.5 Å². The number of amides is 2. The van der Waals surface area contributed by atoms with E-state index < -0.39 is 0 Å². The number of ether oxygens (including phenoxy) is 2. The Morgan fingerprint density at radius 3 is 2.66 bits per heavy atom. The number of rotatable bonds is 6. The number of nitrogens with one attached hydrogen (secondary N) is 2. The average Bonchev–Trinajstić information content (AvgIpc) is 3.49. The smallest absolute Gasteiger partial charge is 0.342 e. The lowest BCUT2D eigenvalue weighted by Crippen LogP contribution is -2.30. The van der Waals surface area contributed by atoms with Crippen LogP contribution in [0.3, 0.4) is 0 Å². The van der Waals surface area contributed by atoms with Gasteiger partial charge < -0.3 is 25.2 Å². The maximum atomic E-state index is 13.1. The lowest BCUT2D eigenvalue weighted by Gasteiger charge is -2.10. The van der Waals surface area contributed by atoms with Crippen LogP contribution in [0.4, 0.5) is 10.5 Å². The first-order chi connectivity index (χ1) is 18.5. The minimum Gasteiger partial charge on any atom is -0.507 e. The maximum Gasteiger partial charge on any atom is 0.342 e. The zero-order valence-electron chi connectivity index (χ0n) is 20.7. The second kappa shape index (κ2) is 9.59. The summed E-state index contributed by atoms with van der Waals surface area (Å²) < 4.78 is 12.1. The van der Waals surface area contributed by atoms with E-state index in [1.165, 1.54) is 10.7 Å². The van der Waals surface area contributed by atoms with Crippen molar-refractivity contribution in [1.82, 2.24) is 15.1 Å². The zero-order chi connectivity index (χ0) is 26.2. The molecule has 2 amide bonds. The van der Waals surface area contributed by atoms with E-state index in [-0.39, 0.29) is 30.4 Å². The predicted octanol–water partition coefficient (Wildman–Crippen LogP) is 5.18. The van der Waals surface area contributed by atoms with Crippen LogP contribution < -0.4 is 20.1 Å². The van der Waals surface area contributed by atoms with Crippen LogP contribution in [0.5, 0.6) is 17.2 Å². The lowest BCUT2D eigenvalue weighted by atomic mass is 10.1. The maximum absolute atomic E-state index is 13.1. The quantitative estimate of drug-likeness (QED) is 0.308. The van der Waals surface area contributed by atoms with Crippen LogP contribution in [0.1, 0.15) is 45.9 Å². The number of aromatic hydroxyl groups is 1. The van der Waals surface area contributed by atoms with Crippen molar-refractivity contribution in [3.63, 3.8) is 0 Å². The summed E-state index contributed by atoms with van der Waals surface area (Å²) in [6, 6.07) is 19.1. The van der Waals surface area contributed by atoms with Crippen molar-refractivity contribution in [3.05, 3.63) is 89.1 Å². The first kappa shape index (κ1) is 23.6. The van der Waals surface area contributed by atoms with Gasteiger partial charge in [-0.05, 0) is 73.4 Å². The van der Waals surface area contributed by atoms with Crippen molar-refractivity contribution < 1.29 is 24.2 Å². The Kier molecular flexibility index (Phi) is 5.95. The number of carbonyl (C=O) groups is 2. The summed E-state index contributed by atoms with van der Waals surface area (Å²) in [5.41, 5.74) is 4.69. The van der Waals surface area contributed by atoms with Crippen LogP contribution in [0.2, 0.25) is 0 Å². The molecule has 0 spiro atoms. The van der Waals surface area contributed by atoms with Crippen molar-refractivity contribution in [1.29, 1.82) is 0 Å². The fourth-order valence-corrected chi connectivity index (χ4v) is 4.47. The van der Waals surface area contributed by atoms with Gasteiger partial charge in [0.25, 0.3) is 5.91 Å². The number of carbonyl (C=O) groups excluding carboxylic acids is 2. The number of nitrogens with zero attached hydrogens (tertiary/aromatic N) is 2. The van der Waals surface area contributed by atoms with E-state index in [0.717, 1.165) is 29.7 Å². The zero-order valence-corrected chi connectivity index (χ0v) is 20.7. The number of aryl methyl sites for hydroxylation is 1. The Morgan fingerprint density at radius 2 is 1.84 bits per heavy atom. The van der Waals surface area contributed by atoms with Crippen LogP contribution in [-0.4, -0.2) is 33.6 Å². The highest BCUT2D eigenvalue weighted by Gasteiger charge is 2.31. The third-order valence-corrected chi connectivity index (χ3v) is 6.78. The molecule has 9 heteroatoms. The van der Waals surface area contributed by atoms with Crippen molar-refractivity contribution >= 4 is 17.6 Å². The van der Waals surface area contributed by atoms with Gasteiger partial charge in [-0.3, -0.25) is 4.79 Å².